The Kier molecular flexibility index (Phi) is 6.29. The first kappa shape index (κ1) is 20.8. The van der Waals surface area contributed by atoms with E-state index >= 15 is 0 Å². The molecule has 156 valence electrons. The number of benzene rings is 2. The second kappa shape index (κ2) is 9.10. The Morgan fingerprint density at radius 3 is 2.37 bits per heavy atom. The number of amides is 1. The zero-order valence-corrected chi connectivity index (χ0v) is 18.6. The molecule has 1 fully saturated rings. The van der Waals surface area contributed by atoms with Gasteiger partial charge in [-0.3, -0.25) is 9.36 Å². The van der Waals surface area contributed by atoms with Crippen LogP contribution in [-0.4, -0.2) is 52.8 Å². The second-order valence-corrected chi connectivity index (χ2v) is 8.88. The number of carbonyl (C=O) groups excluding carboxylic acids is 1. The molecule has 1 aliphatic rings. The van der Waals surface area contributed by atoms with Crippen LogP contribution in [0.4, 0.5) is 5.95 Å². The number of halogens is 1. The molecular formula is C22H24ClN5OS. The zero-order chi connectivity index (χ0) is 21.1. The van der Waals surface area contributed by atoms with E-state index in [0.717, 1.165) is 43.1 Å². The summed E-state index contributed by atoms with van der Waals surface area (Å²) in [5.41, 5.74) is 1.75. The van der Waals surface area contributed by atoms with Gasteiger partial charge in [-0.1, -0.05) is 65.8 Å². The van der Waals surface area contributed by atoms with Crippen molar-refractivity contribution in [1.82, 2.24) is 19.7 Å². The van der Waals surface area contributed by atoms with E-state index in [4.69, 9.17) is 11.6 Å². The minimum atomic E-state index is -0.432. The Balaban J connectivity index is 1.79. The lowest BCUT2D eigenvalue weighted by atomic mass is 10.1. The van der Waals surface area contributed by atoms with E-state index < -0.39 is 5.25 Å². The van der Waals surface area contributed by atoms with E-state index in [-0.39, 0.29) is 5.91 Å². The predicted molar refractivity (Wildman–Crippen MR) is 122 cm³/mol. The van der Waals surface area contributed by atoms with Crippen LogP contribution >= 0.6 is 23.4 Å². The highest BCUT2D eigenvalue weighted by Gasteiger charge is 2.29. The Morgan fingerprint density at radius 2 is 1.70 bits per heavy atom. The topological polar surface area (TPSA) is 54.3 Å². The molecule has 1 aromatic heterocycles. The number of carbonyl (C=O) groups is 1. The van der Waals surface area contributed by atoms with Crippen LogP contribution in [0, 0.1) is 0 Å². The van der Waals surface area contributed by atoms with Crippen LogP contribution in [0.2, 0.25) is 5.02 Å². The third kappa shape index (κ3) is 4.18. The fourth-order valence-corrected chi connectivity index (χ4v) is 4.94. The summed E-state index contributed by atoms with van der Waals surface area (Å²) < 4.78 is 1.98. The van der Waals surface area contributed by atoms with E-state index in [1.165, 1.54) is 11.8 Å². The fraction of sp³-hybridized carbons (Fsp3) is 0.318. The Bertz CT molecular complexity index is 1020. The lowest BCUT2D eigenvalue weighted by molar-refractivity contribution is -0.128. The monoisotopic (exact) mass is 441 g/mol. The number of hydrogen-bond donors (Lipinski definition) is 0. The zero-order valence-electron chi connectivity index (χ0n) is 17.0. The molecular weight excluding hydrogens is 418 g/mol. The Morgan fingerprint density at radius 1 is 1.03 bits per heavy atom. The minimum absolute atomic E-state index is 0.00244. The Hall–Kier alpha value is -2.51. The lowest BCUT2D eigenvalue weighted by Gasteiger charge is -2.22. The van der Waals surface area contributed by atoms with Crippen molar-refractivity contribution < 1.29 is 4.79 Å². The van der Waals surface area contributed by atoms with Gasteiger partial charge in [0.15, 0.2) is 5.16 Å². The van der Waals surface area contributed by atoms with E-state index in [1.807, 2.05) is 59.2 Å². The molecule has 0 spiro atoms. The van der Waals surface area contributed by atoms with Crippen LogP contribution in [0.3, 0.4) is 0 Å². The van der Waals surface area contributed by atoms with Crippen molar-refractivity contribution >= 4 is 35.2 Å². The average molecular weight is 442 g/mol. The van der Waals surface area contributed by atoms with E-state index in [0.29, 0.717) is 10.2 Å². The standard InChI is InChI=1S/C22H24ClN5OS/c1-26(2)20(29)19(16-10-4-3-5-11-16)30-22-25-24-21(27-14-8-9-15-27)28(22)18-13-7-6-12-17(18)23/h3-7,10-13,19H,8-9,14-15H2,1-2H3. The van der Waals surface area contributed by atoms with Gasteiger partial charge < -0.3 is 9.80 Å². The summed E-state index contributed by atoms with van der Waals surface area (Å²) >= 11 is 7.95. The van der Waals surface area contributed by atoms with Crippen molar-refractivity contribution in [2.75, 3.05) is 32.1 Å². The molecule has 0 N–H and O–H groups in total. The van der Waals surface area contributed by atoms with Gasteiger partial charge in [0, 0.05) is 27.2 Å². The SMILES string of the molecule is CN(C)C(=O)C(Sc1nnc(N2CCCC2)n1-c1ccccc1Cl)c1ccccc1. The van der Waals surface area contributed by atoms with Crippen molar-refractivity contribution in [2.45, 2.75) is 23.2 Å². The highest BCUT2D eigenvalue weighted by atomic mass is 35.5. The molecule has 1 aliphatic heterocycles. The van der Waals surface area contributed by atoms with Gasteiger partial charge in [-0.15, -0.1) is 10.2 Å². The number of anilines is 1. The molecule has 3 aromatic rings. The van der Waals surface area contributed by atoms with Crippen molar-refractivity contribution in [3.63, 3.8) is 0 Å². The summed E-state index contributed by atoms with van der Waals surface area (Å²) in [5.74, 6) is 0.773. The van der Waals surface area contributed by atoms with Gasteiger partial charge in [0.25, 0.3) is 0 Å². The van der Waals surface area contributed by atoms with Gasteiger partial charge in [-0.2, -0.15) is 0 Å². The van der Waals surface area contributed by atoms with Crippen molar-refractivity contribution in [2.24, 2.45) is 0 Å². The number of likely N-dealkylation sites (N-methyl/N-ethyl adjacent to an activating group) is 1. The number of hydrogen-bond acceptors (Lipinski definition) is 5. The van der Waals surface area contributed by atoms with Crippen LogP contribution in [0.1, 0.15) is 23.7 Å². The normalized spacial score (nSPS) is 14.7. The van der Waals surface area contributed by atoms with Crippen molar-refractivity contribution in [1.29, 1.82) is 0 Å². The first-order valence-corrected chi connectivity index (χ1v) is 11.2. The lowest BCUT2D eigenvalue weighted by Crippen LogP contribution is -2.27. The minimum Gasteiger partial charge on any atom is -0.348 e. The quantitative estimate of drug-likeness (QED) is 0.529. The van der Waals surface area contributed by atoms with Gasteiger partial charge >= 0.3 is 0 Å². The van der Waals surface area contributed by atoms with Crippen LogP contribution in [0.5, 0.6) is 0 Å². The number of rotatable bonds is 6. The molecule has 8 heteroatoms. The van der Waals surface area contributed by atoms with Gasteiger partial charge in [0.05, 0.1) is 10.7 Å². The molecule has 6 nitrogen and oxygen atoms in total. The van der Waals surface area contributed by atoms with Crippen LogP contribution in [0.25, 0.3) is 5.69 Å². The molecule has 1 unspecified atom stereocenters. The van der Waals surface area contributed by atoms with Crippen LogP contribution in [0.15, 0.2) is 59.8 Å². The maximum absolute atomic E-state index is 13.0. The van der Waals surface area contributed by atoms with Gasteiger partial charge in [-0.05, 0) is 30.5 Å². The fourth-order valence-electron chi connectivity index (χ4n) is 3.53. The van der Waals surface area contributed by atoms with Crippen LogP contribution < -0.4 is 4.90 Å². The number of para-hydroxylation sites is 1. The van der Waals surface area contributed by atoms with E-state index in [9.17, 15) is 4.79 Å². The van der Waals surface area contributed by atoms with Crippen molar-refractivity contribution in [3.8, 4) is 5.69 Å². The van der Waals surface area contributed by atoms with Crippen molar-refractivity contribution in [3.05, 3.63) is 65.2 Å². The maximum atomic E-state index is 13.0. The molecule has 30 heavy (non-hydrogen) atoms. The first-order chi connectivity index (χ1) is 14.6. The smallest absolute Gasteiger partial charge is 0.240 e. The number of aromatic nitrogens is 3. The molecule has 0 aliphatic carbocycles. The summed E-state index contributed by atoms with van der Waals surface area (Å²) in [4.78, 5) is 16.9. The highest BCUT2D eigenvalue weighted by molar-refractivity contribution is 8.00. The molecule has 0 radical (unpaired) electrons. The maximum Gasteiger partial charge on any atom is 0.240 e. The highest BCUT2D eigenvalue weighted by Crippen LogP contribution is 2.39. The Labute approximate surface area is 185 Å². The van der Waals surface area contributed by atoms with Gasteiger partial charge in [0.1, 0.15) is 5.25 Å². The van der Waals surface area contributed by atoms with Crippen LogP contribution in [-0.2, 0) is 4.79 Å². The average Bonchev–Trinajstić information content (AvgIpc) is 3.42. The summed E-state index contributed by atoms with van der Waals surface area (Å²) in [6, 6.07) is 17.4. The first-order valence-electron chi connectivity index (χ1n) is 9.94. The summed E-state index contributed by atoms with van der Waals surface area (Å²) in [6.45, 7) is 1.87. The predicted octanol–water partition coefficient (Wildman–Crippen LogP) is 4.44. The third-order valence-electron chi connectivity index (χ3n) is 5.09. The van der Waals surface area contributed by atoms with Gasteiger partial charge in [-0.25, -0.2) is 0 Å². The molecule has 2 heterocycles. The summed E-state index contributed by atoms with van der Waals surface area (Å²) in [5, 5.41) is 9.83. The molecule has 2 aromatic carbocycles. The molecule has 1 amide bonds. The second-order valence-electron chi connectivity index (χ2n) is 7.40. The molecule has 0 bridgehead atoms. The largest absolute Gasteiger partial charge is 0.348 e. The third-order valence-corrected chi connectivity index (χ3v) is 6.59. The molecule has 1 saturated heterocycles. The van der Waals surface area contributed by atoms with Gasteiger partial charge in [0.2, 0.25) is 11.9 Å². The molecule has 1 atom stereocenters. The number of nitrogens with zero attached hydrogens (tertiary/aromatic N) is 5. The molecule has 0 saturated carbocycles. The van der Waals surface area contributed by atoms with E-state index in [2.05, 4.69) is 15.1 Å². The number of thioether (sulfide) groups is 1. The summed E-state index contributed by atoms with van der Waals surface area (Å²) in [7, 11) is 3.54. The molecule has 4 rings (SSSR count). The van der Waals surface area contributed by atoms with E-state index in [1.54, 1.807) is 19.0 Å². The summed E-state index contributed by atoms with van der Waals surface area (Å²) in [6.07, 6.45) is 2.26.